The number of anilines is 3. The molecule has 3 aromatic heterocycles. The van der Waals surface area contributed by atoms with E-state index in [0.29, 0.717) is 28.5 Å². The molecule has 1 saturated heterocycles. The number of rotatable bonds is 10. The smallest absolute Gasteiger partial charge is 0.278 e. The van der Waals surface area contributed by atoms with Crippen molar-refractivity contribution in [3.8, 4) is 5.82 Å². The van der Waals surface area contributed by atoms with Crippen LogP contribution in [0.5, 0.6) is 0 Å². The van der Waals surface area contributed by atoms with Crippen molar-refractivity contribution in [2.24, 2.45) is 5.92 Å². The minimum atomic E-state index is -3.42. The Labute approximate surface area is 244 Å². The molecule has 12 nitrogen and oxygen atoms in total. The van der Waals surface area contributed by atoms with E-state index in [1.807, 2.05) is 24.3 Å². The number of pyridine rings is 1. The first-order chi connectivity index (χ1) is 19.9. The number of fused-ring (bicyclic) bond motifs is 1. The van der Waals surface area contributed by atoms with Gasteiger partial charge in [0.05, 0.1) is 25.1 Å². The Bertz CT molecular complexity index is 1750. The van der Waals surface area contributed by atoms with Crippen LogP contribution in [0.15, 0.2) is 66.1 Å². The third-order valence-corrected chi connectivity index (χ3v) is 7.74. The Morgan fingerprint density at radius 3 is 2.50 bits per heavy atom. The van der Waals surface area contributed by atoms with Gasteiger partial charge in [0.1, 0.15) is 11.0 Å². The monoisotopic (exact) mass is 593 g/mol. The second-order valence-electron chi connectivity index (χ2n) is 10.9. The Kier molecular flexibility index (Phi) is 8.17. The number of aromatic nitrogens is 5. The zero-order valence-corrected chi connectivity index (χ0v) is 24.7. The van der Waals surface area contributed by atoms with Crippen molar-refractivity contribution in [1.82, 2.24) is 24.3 Å². The van der Waals surface area contributed by atoms with Crippen molar-refractivity contribution >= 4 is 38.5 Å². The summed E-state index contributed by atoms with van der Waals surface area (Å²) in [5, 5.41) is 14.1. The molecule has 4 heterocycles. The lowest BCUT2D eigenvalue weighted by atomic mass is 9.97. The number of allylic oxidation sites excluding steroid dienone is 1. The predicted molar refractivity (Wildman–Crippen MR) is 162 cm³/mol. The molecule has 4 aromatic rings. The lowest BCUT2D eigenvalue weighted by Gasteiger charge is -2.33. The molecule has 1 aliphatic rings. The number of hydrogen-bond donors (Lipinski definition) is 2. The summed E-state index contributed by atoms with van der Waals surface area (Å²) >= 11 is 0. The molecule has 1 fully saturated rings. The zero-order chi connectivity index (χ0) is 30.1. The van der Waals surface area contributed by atoms with E-state index in [9.17, 15) is 18.3 Å². The Morgan fingerprint density at radius 1 is 1.14 bits per heavy atom. The van der Waals surface area contributed by atoms with E-state index >= 15 is 0 Å². The van der Waals surface area contributed by atoms with Gasteiger partial charge in [0.25, 0.3) is 15.7 Å². The van der Waals surface area contributed by atoms with E-state index in [0.717, 1.165) is 43.6 Å². The molecule has 1 aliphatic heterocycles. The van der Waals surface area contributed by atoms with Gasteiger partial charge in [-0.1, -0.05) is 12.1 Å². The van der Waals surface area contributed by atoms with Gasteiger partial charge in [-0.2, -0.15) is 13.4 Å². The van der Waals surface area contributed by atoms with Crippen molar-refractivity contribution in [1.29, 1.82) is 0 Å². The zero-order valence-electron chi connectivity index (χ0n) is 23.9. The molecule has 0 radical (unpaired) electrons. The molecule has 2 N–H and O–H groups in total. The van der Waals surface area contributed by atoms with Crippen LogP contribution in [0.3, 0.4) is 0 Å². The maximum atomic E-state index is 13.2. The number of hydrogen-bond acceptors (Lipinski definition) is 10. The minimum absolute atomic E-state index is 0.218. The summed E-state index contributed by atoms with van der Waals surface area (Å²) in [6.45, 7) is 9.17. The van der Waals surface area contributed by atoms with Crippen LogP contribution in [0.25, 0.3) is 16.9 Å². The molecule has 222 valence electrons. The summed E-state index contributed by atoms with van der Waals surface area (Å²) in [5.41, 5.74) is 1.22. The summed E-state index contributed by atoms with van der Waals surface area (Å²) in [5.74, 6) is 0.963. The van der Waals surface area contributed by atoms with Crippen LogP contribution < -0.4 is 15.8 Å². The average Bonchev–Trinajstić information content (AvgIpc) is 3.22. The van der Waals surface area contributed by atoms with Crippen LogP contribution in [0.4, 0.5) is 17.3 Å². The number of aliphatic hydroxyl groups is 1. The van der Waals surface area contributed by atoms with Crippen LogP contribution in [-0.2, 0) is 26.4 Å². The van der Waals surface area contributed by atoms with Crippen molar-refractivity contribution in [3.63, 3.8) is 0 Å². The van der Waals surface area contributed by atoms with Crippen molar-refractivity contribution in [2.45, 2.75) is 38.8 Å². The van der Waals surface area contributed by atoms with Gasteiger partial charge < -0.3 is 15.3 Å². The first-order valence-corrected chi connectivity index (χ1v) is 15.5. The second kappa shape index (κ2) is 11.7. The van der Waals surface area contributed by atoms with Gasteiger partial charge in [0.15, 0.2) is 11.5 Å². The first-order valence-electron chi connectivity index (χ1n) is 13.7. The standard InChI is InChI=1S/C29H35N7O5S/c1-5-15-35-27(37)23-18-30-28(33-26(23)36(35)25-8-6-7-24(32-25)29(2,3)38)31-21-9-11-22(12-10-21)34-16-13-20(14-17-34)19-41-42(4,39)40/h5-12,18,20,38H,1,13-17,19H2,2-4H3,(H,30,31,33). The minimum Gasteiger partial charge on any atom is -0.384 e. The van der Waals surface area contributed by atoms with Crippen LogP contribution in [0, 0.1) is 5.92 Å². The second-order valence-corrected chi connectivity index (χ2v) is 12.6. The van der Waals surface area contributed by atoms with Crippen LogP contribution >= 0.6 is 0 Å². The maximum absolute atomic E-state index is 13.2. The molecular weight excluding hydrogens is 558 g/mol. The third kappa shape index (κ3) is 6.53. The number of benzene rings is 1. The van der Waals surface area contributed by atoms with E-state index in [1.165, 1.54) is 10.9 Å². The molecule has 13 heteroatoms. The van der Waals surface area contributed by atoms with Gasteiger partial charge in [-0.05, 0) is 69.0 Å². The molecule has 0 saturated carbocycles. The number of piperidine rings is 1. The van der Waals surface area contributed by atoms with E-state index in [1.54, 1.807) is 42.8 Å². The van der Waals surface area contributed by atoms with Gasteiger partial charge in [-0.3, -0.25) is 8.98 Å². The van der Waals surface area contributed by atoms with Crippen LogP contribution in [0.2, 0.25) is 0 Å². The average molecular weight is 594 g/mol. The summed E-state index contributed by atoms with van der Waals surface area (Å²) < 4.78 is 30.6. The molecule has 0 bridgehead atoms. The highest BCUT2D eigenvalue weighted by Crippen LogP contribution is 2.26. The van der Waals surface area contributed by atoms with Crippen LogP contribution in [-0.4, -0.2) is 63.8 Å². The molecule has 0 amide bonds. The summed E-state index contributed by atoms with van der Waals surface area (Å²) in [6.07, 6.45) is 5.90. The summed E-state index contributed by atoms with van der Waals surface area (Å²) in [7, 11) is -3.42. The van der Waals surface area contributed by atoms with Crippen molar-refractivity contribution in [3.05, 3.63) is 77.4 Å². The van der Waals surface area contributed by atoms with E-state index in [4.69, 9.17) is 4.18 Å². The van der Waals surface area contributed by atoms with Crippen molar-refractivity contribution < 1.29 is 17.7 Å². The normalized spacial score (nSPS) is 14.8. The molecule has 0 spiro atoms. The highest BCUT2D eigenvalue weighted by atomic mass is 32.2. The Morgan fingerprint density at radius 2 is 1.86 bits per heavy atom. The molecule has 0 atom stereocenters. The highest BCUT2D eigenvalue weighted by Gasteiger charge is 2.23. The van der Waals surface area contributed by atoms with Crippen molar-refractivity contribution in [2.75, 3.05) is 36.2 Å². The molecule has 5 rings (SSSR count). The lowest BCUT2D eigenvalue weighted by Crippen LogP contribution is -2.35. The van der Waals surface area contributed by atoms with Gasteiger partial charge in [-0.15, -0.1) is 6.58 Å². The van der Waals surface area contributed by atoms with Gasteiger partial charge in [0.2, 0.25) is 5.95 Å². The number of nitrogens with zero attached hydrogens (tertiary/aromatic N) is 6. The largest absolute Gasteiger partial charge is 0.384 e. The fraction of sp³-hybridized carbons (Fsp3) is 0.379. The van der Waals surface area contributed by atoms with E-state index in [2.05, 4.69) is 31.7 Å². The predicted octanol–water partition coefficient (Wildman–Crippen LogP) is 3.33. The Balaban J connectivity index is 1.36. The van der Waals surface area contributed by atoms with Crippen LogP contribution in [0.1, 0.15) is 32.4 Å². The lowest BCUT2D eigenvalue weighted by molar-refractivity contribution is 0.0738. The van der Waals surface area contributed by atoms with Gasteiger partial charge >= 0.3 is 0 Å². The van der Waals surface area contributed by atoms with E-state index < -0.39 is 15.7 Å². The quantitative estimate of drug-likeness (QED) is 0.207. The SMILES string of the molecule is C=CCn1c(=O)c2cnc(Nc3ccc(N4CCC(COS(C)(=O)=O)CC4)cc3)nc2n1-c1cccc(C(C)(C)O)n1. The first kappa shape index (κ1) is 29.4. The molecular formula is C29H35N7O5S. The fourth-order valence-corrected chi connectivity index (χ4v) is 5.39. The Hall–Kier alpha value is -4.07. The van der Waals surface area contributed by atoms with Gasteiger partial charge in [0, 0.05) is 30.7 Å². The van der Waals surface area contributed by atoms with Gasteiger partial charge in [-0.25, -0.2) is 19.3 Å². The molecule has 0 aliphatic carbocycles. The summed E-state index contributed by atoms with van der Waals surface area (Å²) in [4.78, 5) is 29.2. The summed E-state index contributed by atoms with van der Waals surface area (Å²) in [6, 6.07) is 13.2. The third-order valence-electron chi connectivity index (χ3n) is 7.18. The number of nitrogens with one attached hydrogen (secondary N) is 1. The maximum Gasteiger partial charge on any atom is 0.278 e. The fourth-order valence-electron chi connectivity index (χ4n) is 4.95. The van der Waals surface area contributed by atoms with E-state index in [-0.39, 0.29) is 24.6 Å². The topological polar surface area (TPSA) is 144 Å². The molecule has 42 heavy (non-hydrogen) atoms. The molecule has 0 unspecified atom stereocenters. The highest BCUT2D eigenvalue weighted by molar-refractivity contribution is 7.85. The molecule has 1 aromatic carbocycles.